The van der Waals surface area contributed by atoms with E-state index in [1.807, 2.05) is 26.0 Å². The lowest BCUT2D eigenvalue weighted by Crippen LogP contribution is -2.32. The van der Waals surface area contributed by atoms with Crippen molar-refractivity contribution < 1.29 is 9.84 Å². The zero-order valence-electron chi connectivity index (χ0n) is 12.5. The van der Waals surface area contributed by atoms with Gasteiger partial charge in [0.2, 0.25) is 0 Å². The minimum Gasteiger partial charge on any atom is -0.494 e. The lowest BCUT2D eigenvalue weighted by atomic mass is 10.1. The molecule has 0 saturated carbocycles. The monoisotopic (exact) mass is 265 g/mol. The van der Waals surface area contributed by atoms with Crippen molar-refractivity contribution in [2.24, 2.45) is 5.92 Å². The number of benzene rings is 1. The first-order valence-corrected chi connectivity index (χ1v) is 7.18. The summed E-state index contributed by atoms with van der Waals surface area (Å²) in [5.74, 6) is 1.20. The zero-order chi connectivity index (χ0) is 14.3. The van der Waals surface area contributed by atoms with E-state index in [1.54, 1.807) is 0 Å². The molecule has 0 fully saturated rings. The molecule has 2 unspecified atom stereocenters. The number of hydrogen-bond acceptors (Lipinski definition) is 3. The van der Waals surface area contributed by atoms with E-state index in [-0.39, 0.29) is 18.1 Å². The molecule has 3 nitrogen and oxygen atoms in total. The van der Waals surface area contributed by atoms with Crippen LogP contribution in [0.25, 0.3) is 0 Å². The molecule has 0 radical (unpaired) electrons. The van der Waals surface area contributed by atoms with Crippen LogP contribution in [0.4, 0.5) is 0 Å². The Morgan fingerprint density at radius 2 is 1.79 bits per heavy atom. The van der Waals surface area contributed by atoms with Crippen LogP contribution in [0.5, 0.6) is 5.75 Å². The molecule has 0 heterocycles. The van der Waals surface area contributed by atoms with Gasteiger partial charge in [-0.05, 0) is 37.0 Å². The number of aliphatic hydroxyl groups is 1. The van der Waals surface area contributed by atoms with Crippen molar-refractivity contribution in [1.29, 1.82) is 0 Å². The van der Waals surface area contributed by atoms with E-state index < -0.39 is 0 Å². The fourth-order valence-electron chi connectivity index (χ4n) is 1.72. The molecular weight excluding hydrogens is 238 g/mol. The van der Waals surface area contributed by atoms with Gasteiger partial charge in [0.15, 0.2) is 0 Å². The Morgan fingerprint density at radius 1 is 1.16 bits per heavy atom. The maximum Gasteiger partial charge on any atom is 0.119 e. The first kappa shape index (κ1) is 16.0. The van der Waals surface area contributed by atoms with Crippen molar-refractivity contribution in [2.75, 3.05) is 13.2 Å². The lowest BCUT2D eigenvalue weighted by Gasteiger charge is -2.19. The Kier molecular flexibility index (Phi) is 6.89. The van der Waals surface area contributed by atoms with Crippen molar-refractivity contribution in [3.63, 3.8) is 0 Å². The molecule has 0 spiro atoms. The molecule has 1 rings (SSSR count). The van der Waals surface area contributed by atoms with Crippen LogP contribution in [-0.4, -0.2) is 24.4 Å². The van der Waals surface area contributed by atoms with Gasteiger partial charge in [0.05, 0.1) is 12.7 Å². The minimum atomic E-state index is -0.297. The molecule has 0 bridgehead atoms. The highest BCUT2D eigenvalue weighted by atomic mass is 16.5. The predicted octanol–water partition coefficient (Wildman–Crippen LogP) is 3.14. The van der Waals surface area contributed by atoms with Crippen molar-refractivity contribution in [2.45, 2.75) is 46.3 Å². The van der Waals surface area contributed by atoms with E-state index >= 15 is 0 Å². The van der Waals surface area contributed by atoms with Gasteiger partial charge in [-0.2, -0.15) is 0 Å². The van der Waals surface area contributed by atoms with Crippen LogP contribution in [0.1, 0.15) is 45.7 Å². The fraction of sp³-hybridized carbons (Fsp3) is 0.625. The molecule has 0 aliphatic rings. The summed E-state index contributed by atoms with van der Waals surface area (Å²) in [6.07, 6.45) is 0.724. The van der Waals surface area contributed by atoms with Gasteiger partial charge in [-0.1, -0.05) is 32.9 Å². The standard InChI is InChI=1S/C16H27NO2/c1-5-10-19-15-8-6-14(7-9-15)13(4)17-11-16(18)12(2)3/h6-9,12-13,16-18H,5,10-11H2,1-4H3. The van der Waals surface area contributed by atoms with Crippen molar-refractivity contribution >= 4 is 0 Å². The summed E-state index contributed by atoms with van der Waals surface area (Å²) in [6, 6.07) is 8.38. The molecule has 0 aliphatic carbocycles. The molecule has 0 amide bonds. The average Bonchev–Trinajstić information content (AvgIpc) is 2.42. The molecule has 108 valence electrons. The third kappa shape index (κ3) is 5.62. The van der Waals surface area contributed by atoms with E-state index in [1.165, 1.54) is 5.56 Å². The highest BCUT2D eigenvalue weighted by molar-refractivity contribution is 5.28. The Morgan fingerprint density at radius 3 is 2.32 bits per heavy atom. The quantitative estimate of drug-likeness (QED) is 0.758. The van der Waals surface area contributed by atoms with Gasteiger partial charge in [0.1, 0.15) is 5.75 Å². The molecule has 2 atom stereocenters. The Labute approximate surface area is 117 Å². The van der Waals surface area contributed by atoms with E-state index in [4.69, 9.17) is 4.74 Å². The highest BCUT2D eigenvalue weighted by Gasteiger charge is 2.11. The summed E-state index contributed by atoms with van der Waals surface area (Å²) in [6.45, 7) is 9.63. The molecular formula is C16H27NO2. The van der Waals surface area contributed by atoms with Crippen LogP contribution in [0.3, 0.4) is 0 Å². The van der Waals surface area contributed by atoms with Gasteiger partial charge in [0.25, 0.3) is 0 Å². The fourth-order valence-corrected chi connectivity index (χ4v) is 1.72. The Balaban J connectivity index is 2.46. The first-order valence-electron chi connectivity index (χ1n) is 7.18. The minimum absolute atomic E-state index is 0.230. The summed E-state index contributed by atoms with van der Waals surface area (Å²) >= 11 is 0. The molecule has 3 heteroatoms. The Bertz CT molecular complexity index is 348. The Hall–Kier alpha value is -1.06. The molecule has 2 N–H and O–H groups in total. The number of rotatable bonds is 8. The zero-order valence-corrected chi connectivity index (χ0v) is 12.5. The third-order valence-corrected chi connectivity index (χ3v) is 3.26. The number of hydrogen-bond donors (Lipinski definition) is 2. The van der Waals surface area contributed by atoms with Crippen LogP contribution in [0.2, 0.25) is 0 Å². The molecule has 0 aromatic heterocycles. The third-order valence-electron chi connectivity index (χ3n) is 3.26. The summed E-state index contributed by atoms with van der Waals surface area (Å²) in [5, 5.41) is 13.1. The lowest BCUT2D eigenvalue weighted by molar-refractivity contribution is 0.120. The van der Waals surface area contributed by atoms with Crippen LogP contribution in [0, 0.1) is 5.92 Å². The van der Waals surface area contributed by atoms with Crippen molar-refractivity contribution in [1.82, 2.24) is 5.32 Å². The molecule has 1 aromatic carbocycles. The predicted molar refractivity (Wildman–Crippen MR) is 79.5 cm³/mol. The SMILES string of the molecule is CCCOc1ccc(C(C)NCC(O)C(C)C)cc1. The van der Waals surface area contributed by atoms with E-state index in [9.17, 15) is 5.11 Å². The van der Waals surface area contributed by atoms with Crippen LogP contribution in [-0.2, 0) is 0 Å². The summed E-state index contributed by atoms with van der Waals surface area (Å²) in [7, 11) is 0. The number of aliphatic hydroxyl groups excluding tert-OH is 1. The van der Waals surface area contributed by atoms with Gasteiger partial charge < -0.3 is 15.2 Å². The van der Waals surface area contributed by atoms with Crippen molar-refractivity contribution in [3.8, 4) is 5.75 Å². The molecule has 0 aliphatic heterocycles. The number of nitrogens with one attached hydrogen (secondary N) is 1. The van der Waals surface area contributed by atoms with Gasteiger partial charge in [0, 0.05) is 12.6 Å². The first-order chi connectivity index (χ1) is 9.04. The largest absolute Gasteiger partial charge is 0.494 e. The summed E-state index contributed by atoms with van der Waals surface area (Å²) in [5.41, 5.74) is 1.21. The van der Waals surface area contributed by atoms with E-state index in [0.717, 1.165) is 18.8 Å². The molecule has 19 heavy (non-hydrogen) atoms. The normalized spacial score (nSPS) is 14.4. The van der Waals surface area contributed by atoms with Crippen LogP contribution >= 0.6 is 0 Å². The summed E-state index contributed by atoms with van der Waals surface area (Å²) in [4.78, 5) is 0. The average molecular weight is 265 g/mol. The van der Waals surface area contributed by atoms with E-state index in [0.29, 0.717) is 6.54 Å². The molecule has 0 saturated heterocycles. The van der Waals surface area contributed by atoms with Crippen molar-refractivity contribution in [3.05, 3.63) is 29.8 Å². The van der Waals surface area contributed by atoms with Gasteiger partial charge in [-0.3, -0.25) is 0 Å². The maximum atomic E-state index is 9.78. The van der Waals surface area contributed by atoms with Gasteiger partial charge in [-0.25, -0.2) is 0 Å². The van der Waals surface area contributed by atoms with Crippen LogP contribution in [0.15, 0.2) is 24.3 Å². The smallest absolute Gasteiger partial charge is 0.119 e. The van der Waals surface area contributed by atoms with Crippen LogP contribution < -0.4 is 10.1 Å². The second kappa shape index (κ2) is 8.18. The second-order valence-electron chi connectivity index (χ2n) is 5.36. The topological polar surface area (TPSA) is 41.5 Å². The highest BCUT2D eigenvalue weighted by Crippen LogP contribution is 2.18. The van der Waals surface area contributed by atoms with Gasteiger partial charge in [-0.15, -0.1) is 0 Å². The number of ether oxygens (including phenoxy) is 1. The summed E-state index contributed by atoms with van der Waals surface area (Å²) < 4.78 is 5.56. The van der Waals surface area contributed by atoms with Gasteiger partial charge >= 0.3 is 0 Å². The maximum absolute atomic E-state index is 9.78. The van der Waals surface area contributed by atoms with E-state index in [2.05, 4.69) is 31.3 Å². The molecule has 1 aromatic rings. The second-order valence-corrected chi connectivity index (χ2v) is 5.36.